The molecule has 0 aliphatic heterocycles. The van der Waals surface area contributed by atoms with Crippen molar-refractivity contribution in [1.29, 1.82) is 0 Å². The number of nitrogens with zero attached hydrogens (tertiary/aromatic N) is 15. The van der Waals surface area contributed by atoms with Crippen LogP contribution in [0.25, 0.3) is 55.8 Å². The smallest absolute Gasteiger partial charge is 0.205 e. The lowest BCUT2D eigenvalue weighted by molar-refractivity contribution is 0.319. The number of rotatable bonds is 13. The Balaban J connectivity index is 0.000000119. The minimum atomic E-state index is 0.778. The second-order valence-corrected chi connectivity index (χ2v) is 28.2. The van der Waals surface area contributed by atoms with Gasteiger partial charge in [0.1, 0.15) is 45.1 Å². The Kier molecular flexibility index (Phi) is 23.3. The number of hydrogen-bond donors (Lipinski definition) is 2. The maximum Gasteiger partial charge on any atom is 0.205 e. The largest absolute Gasteiger partial charge is 0.359 e. The third kappa shape index (κ3) is 17.4. The molecule has 15 rings (SSSR count). The van der Waals surface area contributed by atoms with E-state index in [1.54, 1.807) is 0 Å². The molecular weight excluding hydrogens is 1150 g/mol. The number of imidazole rings is 5. The van der Waals surface area contributed by atoms with E-state index >= 15 is 0 Å². The van der Waals surface area contributed by atoms with Crippen LogP contribution in [0.15, 0.2) is 60.7 Å². The monoisotopic (exact) mass is 1260 g/mol. The van der Waals surface area contributed by atoms with Gasteiger partial charge in [-0.2, -0.15) is 0 Å². The Hall–Kier alpha value is -7.30. The van der Waals surface area contributed by atoms with Crippen LogP contribution in [0.1, 0.15) is 213 Å². The number of aryl methyl sites for hydroxylation is 8. The number of anilines is 2. The fourth-order valence-corrected chi connectivity index (χ4v) is 15.4. The highest BCUT2D eigenvalue weighted by Gasteiger charge is 2.24. The van der Waals surface area contributed by atoms with E-state index in [1.807, 2.05) is 72.0 Å². The zero-order valence-electron chi connectivity index (χ0n) is 58.3. The summed E-state index contributed by atoms with van der Waals surface area (Å²) in [6.07, 6.45) is 34.5. The summed E-state index contributed by atoms with van der Waals surface area (Å²) in [4.78, 5) is 46.5. The maximum atomic E-state index is 4.70. The number of aromatic nitrogens is 15. The molecule has 0 aromatic carbocycles. The third-order valence-corrected chi connectivity index (χ3v) is 20.6. The fourth-order valence-electron chi connectivity index (χ4n) is 15.4. The Morgan fingerprint density at radius 3 is 0.774 bits per heavy atom. The summed E-state index contributed by atoms with van der Waals surface area (Å²) in [5.41, 5.74) is 15.7. The molecule has 5 saturated carbocycles. The van der Waals surface area contributed by atoms with Crippen LogP contribution in [0.5, 0.6) is 0 Å². The first-order valence-corrected chi connectivity index (χ1v) is 36.3. The van der Waals surface area contributed by atoms with Crippen molar-refractivity contribution in [3.8, 4) is 0 Å². The molecule has 498 valence electrons. The van der Waals surface area contributed by atoms with Crippen LogP contribution in [0.2, 0.25) is 0 Å². The van der Waals surface area contributed by atoms with Gasteiger partial charge in [-0.15, -0.1) is 0 Å². The van der Waals surface area contributed by atoms with E-state index in [2.05, 4.69) is 131 Å². The van der Waals surface area contributed by atoms with Gasteiger partial charge < -0.3 is 24.3 Å². The molecule has 10 aromatic rings. The Bertz CT molecular complexity index is 3750. The number of fused-ring (bicyclic) bond motifs is 5. The molecule has 5 aliphatic rings. The normalized spacial score (nSPS) is 17.2. The molecular formula is C76H109N17. The quantitative estimate of drug-likeness (QED) is 0.112. The van der Waals surface area contributed by atoms with Gasteiger partial charge in [-0.05, 0) is 217 Å². The standard InChI is InChI=1S/C16H24N4.C15H22N4.3C15H21N3/c1-3-17-16-19-14-10-9-12(2)18-15(14)20(16)11-13-7-5-4-6-8-13;1-11-8-9-13-14(17-11)19(15(16-2)18-13)10-12-6-4-3-5-7-12;3*1-11-8-9-14-15(16-11)18(12(2)17-14)10-13-6-4-3-5-7-13/h9-10,13H,3-8,11H2,1-2H3,(H,17,19);8-9,12H,3-7,10H2,1-2H3,(H,16,18);3*8-9,13H,3-7,10H2,1-2H3. The molecule has 0 saturated heterocycles. The molecule has 0 spiro atoms. The van der Waals surface area contributed by atoms with Crippen LogP contribution >= 0.6 is 0 Å². The van der Waals surface area contributed by atoms with Gasteiger partial charge in [-0.25, -0.2) is 49.8 Å². The lowest BCUT2D eigenvalue weighted by Crippen LogP contribution is -2.16. The molecule has 0 bridgehead atoms. The van der Waals surface area contributed by atoms with Gasteiger partial charge in [0, 0.05) is 74.8 Å². The summed E-state index contributed by atoms with van der Waals surface area (Å²) in [6.45, 7) is 24.9. The first kappa shape index (κ1) is 67.1. The van der Waals surface area contributed by atoms with E-state index in [0.717, 1.165) is 183 Å². The Morgan fingerprint density at radius 1 is 0.290 bits per heavy atom. The van der Waals surface area contributed by atoms with Crippen LogP contribution in [0.4, 0.5) is 11.9 Å². The zero-order chi connectivity index (χ0) is 64.8. The van der Waals surface area contributed by atoms with Crippen molar-refractivity contribution in [2.75, 3.05) is 24.2 Å². The average Bonchev–Trinajstić information content (AvgIpc) is 1.76. The van der Waals surface area contributed by atoms with Gasteiger partial charge in [-0.1, -0.05) is 96.3 Å². The zero-order valence-corrected chi connectivity index (χ0v) is 58.3. The molecule has 17 heteroatoms. The molecule has 5 fully saturated rings. The summed E-state index contributed by atoms with van der Waals surface area (Å²) >= 11 is 0. The van der Waals surface area contributed by atoms with E-state index < -0.39 is 0 Å². The molecule has 93 heavy (non-hydrogen) atoms. The van der Waals surface area contributed by atoms with Crippen LogP contribution in [-0.2, 0) is 32.7 Å². The molecule has 17 nitrogen and oxygen atoms in total. The van der Waals surface area contributed by atoms with Crippen molar-refractivity contribution in [2.24, 2.45) is 29.6 Å². The Labute approximate surface area is 553 Å². The second kappa shape index (κ2) is 32.2. The van der Waals surface area contributed by atoms with E-state index in [9.17, 15) is 0 Å². The molecule has 10 heterocycles. The van der Waals surface area contributed by atoms with Crippen molar-refractivity contribution in [3.05, 3.63) is 107 Å². The highest BCUT2D eigenvalue weighted by Crippen LogP contribution is 2.33. The van der Waals surface area contributed by atoms with Crippen molar-refractivity contribution in [3.63, 3.8) is 0 Å². The van der Waals surface area contributed by atoms with Crippen LogP contribution in [0.3, 0.4) is 0 Å². The van der Waals surface area contributed by atoms with Crippen molar-refractivity contribution >= 4 is 67.7 Å². The molecule has 0 unspecified atom stereocenters. The maximum absolute atomic E-state index is 4.70. The van der Waals surface area contributed by atoms with E-state index in [4.69, 9.17) is 9.97 Å². The van der Waals surface area contributed by atoms with Crippen molar-refractivity contribution in [1.82, 2.24) is 72.7 Å². The van der Waals surface area contributed by atoms with Crippen LogP contribution < -0.4 is 10.6 Å². The van der Waals surface area contributed by atoms with Gasteiger partial charge in [0.25, 0.3) is 0 Å². The van der Waals surface area contributed by atoms with Crippen molar-refractivity contribution in [2.45, 2.75) is 256 Å². The highest BCUT2D eigenvalue weighted by molar-refractivity contribution is 5.76. The van der Waals surface area contributed by atoms with Crippen LogP contribution in [-0.4, -0.2) is 86.3 Å². The number of hydrogen-bond acceptors (Lipinski definition) is 12. The fraction of sp³-hybridized carbons (Fsp3) is 0.605. The third-order valence-electron chi connectivity index (χ3n) is 20.6. The summed E-state index contributed by atoms with van der Waals surface area (Å²) in [5, 5.41) is 6.59. The van der Waals surface area contributed by atoms with Gasteiger partial charge in [-0.3, -0.25) is 9.13 Å². The minimum Gasteiger partial charge on any atom is -0.359 e. The van der Waals surface area contributed by atoms with Gasteiger partial charge in [0.15, 0.2) is 28.2 Å². The topological polar surface area (TPSA) is 178 Å². The number of pyridine rings is 5. The predicted molar refractivity (Wildman–Crippen MR) is 382 cm³/mol. The highest BCUT2D eigenvalue weighted by atomic mass is 15.2. The first-order valence-electron chi connectivity index (χ1n) is 36.3. The molecule has 10 aromatic heterocycles. The van der Waals surface area contributed by atoms with Gasteiger partial charge in [0.05, 0.1) is 0 Å². The average molecular weight is 1260 g/mol. The lowest BCUT2D eigenvalue weighted by atomic mass is 9.89. The summed E-state index contributed by atoms with van der Waals surface area (Å²) in [5.74, 6) is 9.24. The van der Waals surface area contributed by atoms with E-state index in [0.29, 0.717) is 0 Å². The lowest BCUT2D eigenvalue weighted by Gasteiger charge is -2.23. The summed E-state index contributed by atoms with van der Waals surface area (Å²) < 4.78 is 11.5. The molecule has 2 N–H and O–H groups in total. The van der Waals surface area contributed by atoms with Gasteiger partial charge >= 0.3 is 0 Å². The molecule has 0 atom stereocenters. The molecule has 0 radical (unpaired) electrons. The molecule has 5 aliphatic carbocycles. The molecule has 0 amide bonds. The second-order valence-electron chi connectivity index (χ2n) is 28.2. The summed E-state index contributed by atoms with van der Waals surface area (Å²) in [6, 6.07) is 20.6. The first-order chi connectivity index (χ1) is 45.3. The van der Waals surface area contributed by atoms with Gasteiger partial charge in [0.2, 0.25) is 11.9 Å². The predicted octanol–water partition coefficient (Wildman–Crippen LogP) is 18.0. The number of nitrogens with one attached hydrogen (secondary N) is 2. The van der Waals surface area contributed by atoms with E-state index in [-0.39, 0.29) is 0 Å². The summed E-state index contributed by atoms with van der Waals surface area (Å²) in [7, 11) is 1.94. The van der Waals surface area contributed by atoms with E-state index in [1.165, 1.54) is 161 Å². The van der Waals surface area contributed by atoms with Crippen molar-refractivity contribution < 1.29 is 0 Å². The Morgan fingerprint density at radius 2 is 0.516 bits per heavy atom. The SMILES string of the molecule is CCNc1nc2ccc(C)nc2n1CC1CCCCC1.CNc1nc2ccc(C)nc2n1CC1CCCCC1.Cc1ccc2nc(C)n(CC3CCCCC3)c2n1.Cc1ccc2nc(C)n(CC3CCCCC3)c2n1.Cc1ccc2nc(C)n(CC3CCCCC3)c2n1. The minimum absolute atomic E-state index is 0.778. The van der Waals surface area contributed by atoms with Crippen LogP contribution in [0, 0.1) is 85.0 Å².